The summed E-state index contributed by atoms with van der Waals surface area (Å²) in [6.07, 6.45) is 0.340. The van der Waals surface area contributed by atoms with Gasteiger partial charge in [-0.05, 0) is 38.3 Å². The van der Waals surface area contributed by atoms with Crippen molar-refractivity contribution >= 4 is 23.2 Å². The molecule has 0 saturated carbocycles. The van der Waals surface area contributed by atoms with Gasteiger partial charge in [-0.15, -0.1) is 11.3 Å². The number of likely N-dealkylation sites (tertiary alicyclic amines) is 1. The molecule has 1 N–H and O–H groups in total. The Kier molecular flexibility index (Phi) is 5.27. The van der Waals surface area contributed by atoms with E-state index >= 15 is 0 Å². The summed E-state index contributed by atoms with van der Waals surface area (Å²) >= 11 is 1.75. The Labute approximate surface area is 136 Å². The van der Waals surface area contributed by atoms with Crippen molar-refractivity contribution in [1.82, 2.24) is 10.2 Å². The van der Waals surface area contributed by atoms with Crippen LogP contribution in [0.3, 0.4) is 0 Å². The van der Waals surface area contributed by atoms with E-state index in [1.165, 1.54) is 15.3 Å². The molecule has 0 bridgehead atoms. The summed E-state index contributed by atoms with van der Waals surface area (Å²) in [5, 5.41) is 3.08. The summed E-state index contributed by atoms with van der Waals surface area (Å²) in [4.78, 5) is 28.7. The highest BCUT2D eigenvalue weighted by Crippen LogP contribution is 2.27. The lowest BCUT2D eigenvalue weighted by atomic mass is 10.1. The Morgan fingerprint density at radius 2 is 2.09 bits per heavy atom. The Bertz CT molecular complexity index is 565. The Morgan fingerprint density at radius 3 is 2.64 bits per heavy atom. The first-order chi connectivity index (χ1) is 10.3. The molecule has 5 heteroatoms. The monoisotopic (exact) mass is 322 g/mol. The van der Waals surface area contributed by atoms with Crippen LogP contribution in [0.5, 0.6) is 0 Å². The smallest absolute Gasteiger partial charge is 0.225 e. The highest BCUT2D eigenvalue weighted by Gasteiger charge is 2.34. The molecular formula is C17H26N2O2S. The summed E-state index contributed by atoms with van der Waals surface area (Å²) in [5.74, 6) is 0.314. The number of nitrogens with zero attached hydrogens (tertiary/aromatic N) is 1. The molecule has 122 valence electrons. The second kappa shape index (κ2) is 6.82. The summed E-state index contributed by atoms with van der Waals surface area (Å²) in [6.45, 7) is 11.6. The fourth-order valence-corrected chi connectivity index (χ4v) is 4.08. The van der Waals surface area contributed by atoms with Gasteiger partial charge in [0.2, 0.25) is 11.8 Å². The van der Waals surface area contributed by atoms with Gasteiger partial charge in [0.15, 0.2) is 0 Å². The Balaban J connectivity index is 1.95. The summed E-state index contributed by atoms with van der Waals surface area (Å²) in [6, 6.07) is 2.13. The van der Waals surface area contributed by atoms with Gasteiger partial charge in [-0.2, -0.15) is 0 Å². The first kappa shape index (κ1) is 17.0. The van der Waals surface area contributed by atoms with Crippen molar-refractivity contribution in [3.8, 4) is 0 Å². The van der Waals surface area contributed by atoms with E-state index in [-0.39, 0.29) is 23.8 Å². The lowest BCUT2D eigenvalue weighted by molar-refractivity contribution is -0.129. The molecule has 1 saturated heterocycles. The van der Waals surface area contributed by atoms with Crippen molar-refractivity contribution in [1.29, 1.82) is 0 Å². The van der Waals surface area contributed by atoms with Crippen molar-refractivity contribution in [2.75, 3.05) is 13.1 Å². The molecule has 0 spiro atoms. The topological polar surface area (TPSA) is 49.4 Å². The van der Waals surface area contributed by atoms with Gasteiger partial charge in [0.25, 0.3) is 0 Å². The van der Waals surface area contributed by atoms with E-state index in [1.54, 1.807) is 11.3 Å². The second-order valence-electron chi connectivity index (χ2n) is 6.69. The molecule has 1 aromatic heterocycles. The number of carbonyl (C=O) groups excluding carboxylic acids is 2. The molecule has 0 aliphatic carbocycles. The van der Waals surface area contributed by atoms with Crippen molar-refractivity contribution in [3.63, 3.8) is 0 Å². The van der Waals surface area contributed by atoms with Gasteiger partial charge in [-0.1, -0.05) is 13.8 Å². The number of thiophene rings is 1. The highest BCUT2D eigenvalue weighted by atomic mass is 32.1. The molecule has 1 fully saturated rings. The zero-order valence-electron chi connectivity index (χ0n) is 14.1. The van der Waals surface area contributed by atoms with E-state index in [9.17, 15) is 9.59 Å². The zero-order chi connectivity index (χ0) is 16.4. The fourth-order valence-electron chi connectivity index (χ4n) is 3.05. The lowest BCUT2D eigenvalue weighted by Gasteiger charge is -2.20. The molecule has 0 unspecified atom stereocenters. The quantitative estimate of drug-likeness (QED) is 0.906. The van der Waals surface area contributed by atoms with E-state index in [2.05, 4.69) is 39.1 Å². The van der Waals surface area contributed by atoms with Crippen molar-refractivity contribution in [2.45, 2.75) is 47.1 Å². The van der Waals surface area contributed by atoms with Gasteiger partial charge >= 0.3 is 0 Å². The number of hydrogen-bond acceptors (Lipinski definition) is 3. The van der Waals surface area contributed by atoms with Crippen LogP contribution >= 0.6 is 11.3 Å². The minimum Gasteiger partial charge on any atom is -0.349 e. The number of nitrogens with one attached hydrogen (secondary N) is 1. The molecule has 2 rings (SSSR count). The molecule has 2 heterocycles. The third-order valence-corrected chi connectivity index (χ3v) is 5.06. The first-order valence-corrected chi connectivity index (χ1v) is 8.74. The van der Waals surface area contributed by atoms with Gasteiger partial charge < -0.3 is 10.2 Å². The maximum atomic E-state index is 12.4. The van der Waals surface area contributed by atoms with Crippen LogP contribution in [0.15, 0.2) is 6.07 Å². The largest absolute Gasteiger partial charge is 0.349 e. The number of hydrogen-bond donors (Lipinski definition) is 1. The lowest BCUT2D eigenvalue weighted by Crippen LogP contribution is -2.35. The minimum atomic E-state index is -0.214. The number of aryl methyl sites for hydroxylation is 2. The van der Waals surface area contributed by atoms with Crippen LogP contribution in [0, 0.1) is 25.7 Å². The molecular weight excluding hydrogens is 296 g/mol. The molecule has 1 aromatic rings. The Morgan fingerprint density at radius 1 is 1.41 bits per heavy atom. The van der Waals surface area contributed by atoms with E-state index in [4.69, 9.17) is 0 Å². The Hall–Kier alpha value is -1.36. The normalized spacial score (nSPS) is 19.8. The molecule has 0 aromatic carbocycles. The van der Waals surface area contributed by atoms with Crippen LogP contribution in [-0.4, -0.2) is 29.8 Å². The molecule has 2 atom stereocenters. The first-order valence-electron chi connectivity index (χ1n) is 7.93. The molecule has 1 aliphatic heterocycles. The van der Waals surface area contributed by atoms with E-state index in [1.807, 2.05) is 11.8 Å². The van der Waals surface area contributed by atoms with E-state index in [0.29, 0.717) is 18.9 Å². The molecule has 1 aliphatic rings. The maximum Gasteiger partial charge on any atom is 0.225 e. The molecule has 22 heavy (non-hydrogen) atoms. The second-order valence-corrected chi connectivity index (χ2v) is 8.15. The van der Waals surface area contributed by atoms with Gasteiger partial charge in [0.1, 0.15) is 0 Å². The van der Waals surface area contributed by atoms with Crippen molar-refractivity contribution in [3.05, 3.63) is 21.4 Å². The number of carbonyl (C=O) groups is 2. The molecule has 4 nitrogen and oxygen atoms in total. The molecule has 0 radical (unpaired) electrons. The summed E-state index contributed by atoms with van der Waals surface area (Å²) in [7, 11) is 0. The third kappa shape index (κ3) is 3.88. The van der Waals surface area contributed by atoms with Crippen molar-refractivity contribution < 1.29 is 9.59 Å². The van der Waals surface area contributed by atoms with Gasteiger partial charge in [-0.3, -0.25) is 9.59 Å². The van der Waals surface area contributed by atoms with Gasteiger partial charge in [-0.25, -0.2) is 0 Å². The molecule has 2 amide bonds. The van der Waals surface area contributed by atoms with Crippen LogP contribution in [-0.2, 0) is 9.59 Å². The SMILES string of the molecule is Cc1cc([C@@H](C)NC(=O)[C@@H]2CC(=O)N(CC(C)C)C2)c(C)s1. The van der Waals surface area contributed by atoms with Crippen LogP contribution < -0.4 is 5.32 Å². The highest BCUT2D eigenvalue weighted by molar-refractivity contribution is 7.12. The predicted molar refractivity (Wildman–Crippen MR) is 89.9 cm³/mol. The maximum absolute atomic E-state index is 12.4. The van der Waals surface area contributed by atoms with Crippen LogP contribution in [0.4, 0.5) is 0 Å². The fraction of sp³-hybridized carbons (Fsp3) is 0.647. The number of rotatable bonds is 5. The average Bonchev–Trinajstić information content (AvgIpc) is 2.92. The number of amides is 2. The third-order valence-electron chi connectivity index (χ3n) is 4.08. The minimum absolute atomic E-state index is 0.00430. The van der Waals surface area contributed by atoms with Crippen LogP contribution in [0.1, 0.15) is 48.6 Å². The van der Waals surface area contributed by atoms with E-state index < -0.39 is 0 Å². The standard InChI is InChI=1S/C17H26N2O2S/c1-10(2)8-19-9-14(7-16(19)20)17(21)18-12(4)15-6-11(3)22-13(15)5/h6,10,12,14H,7-9H2,1-5H3,(H,18,21)/t12-,14-/m1/s1. The summed E-state index contributed by atoms with van der Waals surface area (Å²) in [5.41, 5.74) is 1.18. The van der Waals surface area contributed by atoms with Gasteiger partial charge in [0.05, 0.1) is 12.0 Å². The average molecular weight is 322 g/mol. The zero-order valence-corrected chi connectivity index (χ0v) is 14.9. The van der Waals surface area contributed by atoms with Gasteiger partial charge in [0, 0.05) is 29.3 Å². The predicted octanol–water partition coefficient (Wildman–Crippen LogP) is 3.05. The van der Waals surface area contributed by atoms with Crippen molar-refractivity contribution in [2.24, 2.45) is 11.8 Å². The van der Waals surface area contributed by atoms with Crippen LogP contribution in [0.25, 0.3) is 0 Å². The van der Waals surface area contributed by atoms with Crippen LogP contribution in [0.2, 0.25) is 0 Å². The van der Waals surface area contributed by atoms with E-state index in [0.717, 1.165) is 6.54 Å². The summed E-state index contributed by atoms with van der Waals surface area (Å²) < 4.78 is 0.